The molecule has 0 bridgehead atoms. The zero-order valence-corrected chi connectivity index (χ0v) is 12.1. The maximum Gasteiger partial charge on any atom is 0.336 e. The van der Waals surface area contributed by atoms with Gasteiger partial charge in [0, 0.05) is 4.88 Å². The topological polar surface area (TPSA) is 79.3 Å². The van der Waals surface area contributed by atoms with E-state index in [9.17, 15) is 9.59 Å². The predicted octanol–water partition coefficient (Wildman–Crippen LogP) is 2.97. The lowest BCUT2D eigenvalue weighted by Gasteiger charge is -2.06. The number of hydrogen-bond acceptors (Lipinski definition) is 4. The molecule has 0 radical (unpaired) electrons. The lowest BCUT2D eigenvalue weighted by Crippen LogP contribution is -2.16. The third-order valence-electron chi connectivity index (χ3n) is 3.47. The quantitative estimate of drug-likeness (QED) is 0.913. The van der Waals surface area contributed by atoms with Crippen molar-refractivity contribution >= 4 is 28.3 Å². The van der Waals surface area contributed by atoms with E-state index < -0.39 is 11.9 Å². The summed E-state index contributed by atoms with van der Waals surface area (Å²) in [6.07, 6.45) is 4.25. The summed E-state index contributed by atoms with van der Waals surface area (Å²) in [6.45, 7) is 0. The fourth-order valence-corrected chi connectivity index (χ4v) is 3.48. The molecule has 0 fully saturated rings. The molecule has 1 aliphatic carbocycles. The lowest BCUT2D eigenvalue weighted by molar-refractivity contribution is 0.0692. The summed E-state index contributed by atoms with van der Waals surface area (Å²) in [7, 11) is 0. The minimum absolute atomic E-state index is 0.00341. The minimum atomic E-state index is -1.11. The number of benzene rings is 1. The highest BCUT2D eigenvalue weighted by molar-refractivity contribution is 7.15. The molecule has 5 nitrogen and oxygen atoms in total. The third kappa shape index (κ3) is 2.80. The molecule has 1 amide bonds. The summed E-state index contributed by atoms with van der Waals surface area (Å²) < 4.78 is 0. The van der Waals surface area contributed by atoms with Crippen LogP contribution < -0.4 is 5.32 Å². The van der Waals surface area contributed by atoms with Gasteiger partial charge in [0.2, 0.25) is 0 Å². The van der Waals surface area contributed by atoms with E-state index in [4.69, 9.17) is 5.11 Å². The second kappa shape index (κ2) is 5.65. The molecule has 21 heavy (non-hydrogen) atoms. The van der Waals surface area contributed by atoms with Gasteiger partial charge >= 0.3 is 5.97 Å². The van der Waals surface area contributed by atoms with Gasteiger partial charge in [0.15, 0.2) is 5.13 Å². The summed E-state index contributed by atoms with van der Waals surface area (Å²) in [4.78, 5) is 29.0. The summed E-state index contributed by atoms with van der Waals surface area (Å²) in [5.41, 5.74) is 1.21. The number of rotatable bonds is 3. The molecule has 1 heterocycles. The average molecular weight is 302 g/mol. The van der Waals surface area contributed by atoms with Gasteiger partial charge in [-0.2, -0.15) is 0 Å². The number of anilines is 1. The van der Waals surface area contributed by atoms with Gasteiger partial charge in [-0.1, -0.05) is 12.1 Å². The summed E-state index contributed by atoms with van der Waals surface area (Å²) >= 11 is 1.48. The van der Waals surface area contributed by atoms with Gasteiger partial charge in [0.05, 0.1) is 16.8 Å². The standard InChI is InChI=1S/C15H14N2O3S/c18-13(9-5-1-2-6-10(9)14(19)20)17-15-16-11-7-3-4-8-12(11)21-15/h1-2,5-6H,3-4,7-8H2,(H,19,20)(H,16,17,18). The molecule has 0 spiro atoms. The van der Waals surface area contributed by atoms with Crippen LogP contribution in [0.4, 0.5) is 5.13 Å². The normalized spacial score (nSPS) is 13.5. The minimum Gasteiger partial charge on any atom is -0.478 e. The Morgan fingerprint density at radius 2 is 1.86 bits per heavy atom. The first-order chi connectivity index (χ1) is 10.1. The van der Waals surface area contributed by atoms with Crippen LogP contribution in [0.1, 0.15) is 44.1 Å². The third-order valence-corrected chi connectivity index (χ3v) is 4.54. The van der Waals surface area contributed by atoms with E-state index in [0.717, 1.165) is 31.4 Å². The number of fused-ring (bicyclic) bond motifs is 1. The smallest absolute Gasteiger partial charge is 0.336 e. The molecule has 2 N–H and O–H groups in total. The van der Waals surface area contributed by atoms with Crippen LogP contribution in [0.25, 0.3) is 0 Å². The highest BCUT2D eigenvalue weighted by Crippen LogP contribution is 2.29. The van der Waals surface area contributed by atoms with Crippen molar-refractivity contribution in [2.45, 2.75) is 25.7 Å². The van der Waals surface area contributed by atoms with Crippen molar-refractivity contribution in [1.29, 1.82) is 0 Å². The number of carbonyl (C=O) groups is 2. The Morgan fingerprint density at radius 3 is 2.57 bits per heavy atom. The van der Waals surface area contributed by atoms with E-state index in [1.54, 1.807) is 12.1 Å². The van der Waals surface area contributed by atoms with E-state index in [0.29, 0.717) is 5.13 Å². The van der Waals surface area contributed by atoms with Gasteiger partial charge in [0.1, 0.15) is 0 Å². The fourth-order valence-electron chi connectivity index (χ4n) is 2.44. The Kier molecular flexibility index (Phi) is 3.70. The first kappa shape index (κ1) is 13.8. The lowest BCUT2D eigenvalue weighted by atomic mass is 10.0. The van der Waals surface area contributed by atoms with Crippen LogP contribution in [0.2, 0.25) is 0 Å². The number of nitrogens with zero attached hydrogens (tertiary/aromatic N) is 1. The van der Waals surface area contributed by atoms with Crippen molar-refractivity contribution < 1.29 is 14.7 Å². The highest BCUT2D eigenvalue weighted by atomic mass is 32.1. The van der Waals surface area contributed by atoms with Crippen LogP contribution in [0.3, 0.4) is 0 Å². The van der Waals surface area contributed by atoms with Crippen LogP contribution in [0, 0.1) is 0 Å². The molecule has 0 atom stereocenters. The van der Waals surface area contributed by atoms with Crippen molar-refractivity contribution in [3.8, 4) is 0 Å². The Bertz CT molecular complexity index is 685. The maximum atomic E-state index is 12.2. The van der Waals surface area contributed by atoms with E-state index in [-0.39, 0.29) is 11.1 Å². The SMILES string of the molecule is O=C(O)c1ccccc1C(=O)Nc1nc2c(s1)CCCC2. The highest BCUT2D eigenvalue weighted by Gasteiger charge is 2.19. The molecule has 6 heteroatoms. The zero-order chi connectivity index (χ0) is 14.8. The van der Waals surface area contributed by atoms with E-state index in [1.807, 2.05) is 0 Å². The van der Waals surface area contributed by atoms with Gasteiger partial charge in [0.25, 0.3) is 5.91 Å². The maximum absolute atomic E-state index is 12.2. The summed E-state index contributed by atoms with van der Waals surface area (Å²) in [5, 5.41) is 12.4. The number of amides is 1. The van der Waals surface area contributed by atoms with Gasteiger partial charge in [-0.05, 0) is 37.8 Å². The Labute approximate surface area is 125 Å². The molecule has 2 aromatic rings. The van der Waals surface area contributed by atoms with Crippen molar-refractivity contribution in [1.82, 2.24) is 4.98 Å². The molecule has 1 aromatic carbocycles. The first-order valence-electron chi connectivity index (χ1n) is 6.77. The zero-order valence-electron chi connectivity index (χ0n) is 11.3. The molecular formula is C15H14N2O3S. The molecule has 3 rings (SSSR count). The second-order valence-corrected chi connectivity index (χ2v) is 5.98. The average Bonchev–Trinajstić information content (AvgIpc) is 2.89. The molecule has 0 aliphatic heterocycles. The molecule has 0 saturated carbocycles. The van der Waals surface area contributed by atoms with Crippen molar-refractivity contribution in [2.75, 3.05) is 5.32 Å². The number of hydrogen-bond donors (Lipinski definition) is 2. The van der Waals surface area contributed by atoms with Gasteiger partial charge in [-0.15, -0.1) is 11.3 Å². The fraction of sp³-hybridized carbons (Fsp3) is 0.267. The van der Waals surface area contributed by atoms with Gasteiger partial charge < -0.3 is 5.11 Å². The van der Waals surface area contributed by atoms with Crippen LogP contribution in [-0.2, 0) is 12.8 Å². The number of thiazole rings is 1. The Balaban J connectivity index is 1.83. The van der Waals surface area contributed by atoms with E-state index in [1.165, 1.54) is 28.3 Å². The van der Waals surface area contributed by atoms with E-state index >= 15 is 0 Å². The molecule has 108 valence electrons. The number of carbonyl (C=O) groups excluding carboxylic acids is 1. The Morgan fingerprint density at radius 1 is 1.14 bits per heavy atom. The predicted molar refractivity (Wildman–Crippen MR) is 80.1 cm³/mol. The van der Waals surface area contributed by atoms with Crippen LogP contribution in [-0.4, -0.2) is 22.0 Å². The first-order valence-corrected chi connectivity index (χ1v) is 7.59. The number of aromatic carboxylic acids is 1. The molecule has 1 aromatic heterocycles. The molecule has 0 saturated heterocycles. The largest absolute Gasteiger partial charge is 0.478 e. The Hall–Kier alpha value is -2.21. The summed E-state index contributed by atoms with van der Waals surface area (Å²) in [6, 6.07) is 6.17. The van der Waals surface area contributed by atoms with Crippen molar-refractivity contribution in [3.63, 3.8) is 0 Å². The van der Waals surface area contributed by atoms with Crippen LogP contribution in [0.15, 0.2) is 24.3 Å². The molecular weight excluding hydrogens is 288 g/mol. The van der Waals surface area contributed by atoms with Gasteiger partial charge in [-0.3, -0.25) is 10.1 Å². The second-order valence-electron chi connectivity index (χ2n) is 4.90. The summed E-state index contributed by atoms with van der Waals surface area (Å²) in [5.74, 6) is -1.54. The molecule has 1 aliphatic rings. The number of nitrogens with one attached hydrogen (secondary N) is 1. The van der Waals surface area contributed by atoms with Crippen molar-refractivity contribution in [2.24, 2.45) is 0 Å². The van der Waals surface area contributed by atoms with Crippen molar-refractivity contribution in [3.05, 3.63) is 46.0 Å². The molecule has 0 unspecified atom stereocenters. The number of aromatic nitrogens is 1. The van der Waals surface area contributed by atoms with E-state index in [2.05, 4.69) is 10.3 Å². The van der Waals surface area contributed by atoms with Crippen LogP contribution in [0.5, 0.6) is 0 Å². The number of carboxylic acid groups (broad SMARTS) is 1. The monoisotopic (exact) mass is 302 g/mol. The van der Waals surface area contributed by atoms with Gasteiger partial charge in [-0.25, -0.2) is 9.78 Å². The number of carboxylic acids is 1. The van der Waals surface area contributed by atoms with Crippen LogP contribution >= 0.6 is 11.3 Å². The number of aryl methyl sites for hydroxylation is 2.